The highest BCUT2D eigenvalue weighted by Gasteiger charge is 2.17. The molecule has 0 aromatic rings. The summed E-state index contributed by atoms with van der Waals surface area (Å²) in [5, 5.41) is 3.26. The highest BCUT2D eigenvalue weighted by atomic mass is 16.8. The summed E-state index contributed by atoms with van der Waals surface area (Å²) in [6.45, 7) is 1.53. The molecule has 0 radical (unpaired) electrons. The molecule has 0 aromatic carbocycles. The Balaban J connectivity index is 2.18. The normalized spacial score (nSPS) is 20.2. The van der Waals surface area contributed by atoms with Crippen LogP contribution in [-0.4, -0.2) is 39.9 Å². The lowest BCUT2D eigenvalue weighted by Gasteiger charge is -2.26. The fourth-order valence-corrected chi connectivity index (χ4v) is 1.30. The van der Waals surface area contributed by atoms with Crippen LogP contribution in [0.1, 0.15) is 12.8 Å². The first kappa shape index (κ1) is 9.92. The number of hydrogen-bond donors (Lipinski definition) is 1. The van der Waals surface area contributed by atoms with Crippen molar-refractivity contribution < 1.29 is 14.2 Å². The van der Waals surface area contributed by atoms with E-state index in [4.69, 9.17) is 14.2 Å². The summed E-state index contributed by atoms with van der Waals surface area (Å²) in [4.78, 5) is 0. The van der Waals surface area contributed by atoms with E-state index < -0.39 is 6.48 Å². The van der Waals surface area contributed by atoms with E-state index in [-0.39, 0.29) is 6.10 Å². The van der Waals surface area contributed by atoms with Crippen molar-refractivity contribution >= 4 is 0 Å². The maximum Gasteiger partial charge on any atom is 0.271 e. The van der Waals surface area contributed by atoms with Crippen LogP contribution in [0, 0.1) is 0 Å². The molecule has 4 nitrogen and oxygen atoms in total. The summed E-state index contributed by atoms with van der Waals surface area (Å²) >= 11 is 0. The van der Waals surface area contributed by atoms with E-state index in [9.17, 15) is 0 Å². The maximum absolute atomic E-state index is 5.51. The van der Waals surface area contributed by atoms with Crippen molar-refractivity contribution in [1.82, 2.24) is 5.32 Å². The molecule has 1 rings (SSSR count). The van der Waals surface area contributed by atoms with Crippen molar-refractivity contribution in [2.24, 2.45) is 0 Å². The lowest BCUT2D eigenvalue weighted by Crippen LogP contribution is -2.35. The van der Waals surface area contributed by atoms with Gasteiger partial charge in [0.15, 0.2) is 0 Å². The van der Waals surface area contributed by atoms with Gasteiger partial charge in [-0.1, -0.05) is 0 Å². The van der Waals surface area contributed by atoms with Crippen LogP contribution in [0.4, 0.5) is 0 Å². The highest BCUT2D eigenvalue weighted by molar-refractivity contribution is 4.67. The third-order valence-electron chi connectivity index (χ3n) is 1.97. The van der Waals surface area contributed by atoms with Crippen molar-refractivity contribution in [2.75, 3.05) is 27.3 Å². The van der Waals surface area contributed by atoms with E-state index in [2.05, 4.69) is 5.32 Å². The number of methoxy groups -OCH3 is 2. The molecule has 0 unspecified atom stereocenters. The van der Waals surface area contributed by atoms with Gasteiger partial charge in [0.2, 0.25) is 0 Å². The Morgan fingerprint density at radius 2 is 1.75 bits per heavy atom. The molecule has 0 atom stereocenters. The Labute approximate surface area is 73.2 Å². The van der Waals surface area contributed by atoms with Crippen LogP contribution < -0.4 is 5.32 Å². The van der Waals surface area contributed by atoms with E-state index in [1.54, 1.807) is 14.2 Å². The minimum Gasteiger partial charge on any atom is -0.333 e. The fraction of sp³-hybridized carbons (Fsp3) is 1.00. The van der Waals surface area contributed by atoms with Gasteiger partial charge in [-0.25, -0.2) is 0 Å². The lowest BCUT2D eigenvalue weighted by atomic mass is 10.1. The van der Waals surface area contributed by atoms with E-state index in [1.165, 1.54) is 0 Å². The van der Waals surface area contributed by atoms with Gasteiger partial charge in [0.05, 0.1) is 6.10 Å². The van der Waals surface area contributed by atoms with Crippen LogP contribution in [0.25, 0.3) is 0 Å². The summed E-state index contributed by atoms with van der Waals surface area (Å²) in [5.41, 5.74) is 0. The molecule has 1 fully saturated rings. The van der Waals surface area contributed by atoms with E-state index in [0.717, 1.165) is 25.9 Å². The molecule has 12 heavy (non-hydrogen) atoms. The Morgan fingerprint density at radius 1 is 1.17 bits per heavy atom. The lowest BCUT2D eigenvalue weighted by molar-refractivity contribution is -0.285. The molecule has 0 aromatic heterocycles. The van der Waals surface area contributed by atoms with Crippen LogP contribution >= 0.6 is 0 Å². The first-order chi connectivity index (χ1) is 5.86. The second-order valence-electron chi connectivity index (χ2n) is 2.85. The number of hydrogen-bond acceptors (Lipinski definition) is 4. The van der Waals surface area contributed by atoms with Crippen LogP contribution in [0.2, 0.25) is 0 Å². The molecule has 1 aliphatic rings. The first-order valence-corrected chi connectivity index (χ1v) is 4.28. The molecule has 1 N–H and O–H groups in total. The summed E-state index contributed by atoms with van der Waals surface area (Å²) in [6, 6.07) is 0. The zero-order valence-electron chi connectivity index (χ0n) is 7.71. The summed E-state index contributed by atoms with van der Waals surface area (Å²) in [6.07, 6.45) is 2.34. The molecule has 1 heterocycles. The molecule has 0 saturated carbocycles. The average Bonchev–Trinajstić information content (AvgIpc) is 2.16. The molecular weight excluding hydrogens is 158 g/mol. The van der Waals surface area contributed by atoms with Gasteiger partial charge in [-0.05, 0) is 25.9 Å². The van der Waals surface area contributed by atoms with Gasteiger partial charge < -0.3 is 19.5 Å². The molecule has 0 bridgehead atoms. The Kier molecular flexibility index (Phi) is 4.53. The minimum atomic E-state index is -0.506. The first-order valence-electron chi connectivity index (χ1n) is 4.28. The smallest absolute Gasteiger partial charge is 0.271 e. The molecular formula is C8H17NO3. The summed E-state index contributed by atoms with van der Waals surface area (Å²) < 4.78 is 15.4. The maximum atomic E-state index is 5.51. The van der Waals surface area contributed by atoms with Gasteiger partial charge in [-0.15, -0.1) is 0 Å². The van der Waals surface area contributed by atoms with Crippen LogP contribution in [0.15, 0.2) is 0 Å². The van der Waals surface area contributed by atoms with Crippen LogP contribution in [0.5, 0.6) is 0 Å². The highest BCUT2D eigenvalue weighted by Crippen LogP contribution is 2.10. The second kappa shape index (κ2) is 5.48. The average molecular weight is 175 g/mol. The number of ether oxygens (including phenoxy) is 3. The van der Waals surface area contributed by atoms with Crippen molar-refractivity contribution in [3.8, 4) is 0 Å². The zero-order valence-corrected chi connectivity index (χ0v) is 7.71. The van der Waals surface area contributed by atoms with E-state index in [0.29, 0.717) is 0 Å². The Bertz CT molecular complexity index is 111. The molecule has 1 saturated heterocycles. The molecule has 72 valence electrons. The summed E-state index contributed by atoms with van der Waals surface area (Å²) in [5.74, 6) is 0. The van der Waals surface area contributed by atoms with Crippen molar-refractivity contribution in [1.29, 1.82) is 0 Å². The molecule has 0 aliphatic carbocycles. The second-order valence-corrected chi connectivity index (χ2v) is 2.85. The topological polar surface area (TPSA) is 39.7 Å². The van der Waals surface area contributed by atoms with Gasteiger partial charge in [0, 0.05) is 14.2 Å². The van der Waals surface area contributed by atoms with Crippen LogP contribution in [-0.2, 0) is 14.2 Å². The molecule has 0 spiro atoms. The predicted molar refractivity (Wildman–Crippen MR) is 44.8 cm³/mol. The van der Waals surface area contributed by atoms with Crippen molar-refractivity contribution in [2.45, 2.75) is 25.4 Å². The van der Waals surface area contributed by atoms with Gasteiger partial charge in [-0.2, -0.15) is 0 Å². The molecule has 1 aliphatic heterocycles. The Hall–Kier alpha value is -0.160. The van der Waals surface area contributed by atoms with Crippen molar-refractivity contribution in [3.63, 3.8) is 0 Å². The summed E-state index contributed by atoms with van der Waals surface area (Å²) in [7, 11) is 3.16. The third kappa shape index (κ3) is 3.06. The largest absolute Gasteiger partial charge is 0.333 e. The Morgan fingerprint density at radius 3 is 2.25 bits per heavy atom. The fourth-order valence-electron chi connectivity index (χ4n) is 1.30. The quantitative estimate of drug-likeness (QED) is 0.625. The minimum absolute atomic E-state index is 0.274. The van der Waals surface area contributed by atoms with E-state index in [1.807, 2.05) is 0 Å². The van der Waals surface area contributed by atoms with Gasteiger partial charge in [-0.3, -0.25) is 0 Å². The predicted octanol–water partition coefficient (Wildman–Crippen LogP) is 0.331. The van der Waals surface area contributed by atoms with Gasteiger partial charge in [0.25, 0.3) is 6.48 Å². The molecule has 0 amide bonds. The van der Waals surface area contributed by atoms with E-state index >= 15 is 0 Å². The van der Waals surface area contributed by atoms with Crippen LogP contribution in [0.3, 0.4) is 0 Å². The molecule has 4 heteroatoms. The third-order valence-corrected chi connectivity index (χ3v) is 1.97. The zero-order chi connectivity index (χ0) is 8.81. The number of piperidine rings is 1. The van der Waals surface area contributed by atoms with Crippen molar-refractivity contribution in [3.05, 3.63) is 0 Å². The monoisotopic (exact) mass is 175 g/mol. The van der Waals surface area contributed by atoms with Gasteiger partial charge in [0.1, 0.15) is 0 Å². The van der Waals surface area contributed by atoms with Gasteiger partial charge >= 0.3 is 0 Å². The SMILES string of the molecule is COC(OC)OC1CCNCC1. The number of rotatable bonds is 4. The number of nitrogens with one attached hydrogen (secondary N) is 1. The standard InChI is InChI=1S/C8H17NO3/c1-10-8(11-2)12-7-3-5-9-6-4-7/h7-9H,3-6H2,1-2H3.